The number of nitrogens with zero attached hydrogens (tertiary/aromatic N) is 4. The van der Waals surface area contributed by atoms with Gasteiger partial charge in [0.25, 0.3) is 0 Å². The van der Waals surface area contributed by atoms with E-state index in [-0.39, 0.29) is 6.04 Å². The van der Waals surface area contributed by atoms with Crippen molar-refractivity contribution in [2.75, 3.05) is 5.32 Å². The normalized spacial score (nSPS) is 16.5. The smallest absolute Gasteiger partial charge is 0.0963 e. The second-order valence-electron chi connectivity index (χ2n) is 7.44. The average Bonchev–Trinajstić information content (AvgIpc) is 3.13. The summed E-state index contributed by atoms with van der Waals surface area (Å²) in [6, 6.07) is 8.39. The quantitative estimate of drug-likeness (QED) is 0.671. The highest BCUT2D eigenvalue weighted by Crippen LogP contribution is 2.35. The number of allylic oxidation sites excluding steroid dienone is 6. The summed E-state index contributed by atoms with van der Waals surface area (Å²) >= 11 is 0. The number of aliphatic imine (C=N–C) groups is 1. The summed E-state index contributed by atoms with van der Waals surface area (Å²) in [5, 5.41) is 3.59. The van der Waals surface area contributed by atoms with Crippen molar-refractivity contribution in [3.8, 4) is 0 Å². The predicted molar refractivity (Wildman–Crippen MR) is 118 cm³/mol. The molecule has 1 aliphatic heterocycles. The molecule has 1 N–H and O–H groups in total. The molecular formula is C24H21N5. The number of anilines is 1. The molecule has 0 fully saturated rings. The summed E-state index contributed by atoms with van der Waals surface area (Å²) in [6.45, 7) is 4.17. The van der Waals surface area contributed by atoms with Gasteiger partial charge in [0.15, 0.2) is 0 Å². The predicted octanol–water partition coefficient (Wildman–Crippen LogP) is 5.27. The van der Waals surface area contributed by atoms with Crippen LogP contribution in [-0.4, -0.2) is 20.7 Å². The molecule has 1 atom stereocenters. The molecule has 3 aromatic rings. The third-order valence-corrected chi connectivity index (χ3v) is 5.32. The molecule has 3 heterocycles. The van der Waals surface area contributed by atoms with Gasteiger partial charge in [0, 0.05) is 48.2 Å². The largest absolute Gasteiger partial charge is 0.378 e. The zero-order valence-corrected chi connectivity index (χ0v) is 16.4. The SMILES string of the molecule is CC1=CC2=CC=C(c3cc(NC(C)c4cccnc4)cc4nccnc34)CC2=N1. The molecule has 0 saturated heterocycles. The number of hydrogen-bond donors (Lipinski definition) is 1. The highest BCUT2D eigenvalue weighted by molar-refractivity contribution is 6.13. The van der Waals surface area contributed by atoms with Gasteiger partial charge in [-0.1, -0.05) is 18.2 Å². The standard InChI is InChI=1S/C24H21N5/c1-15-10-18-6-5-17(11-22(18)28-15)21-12-20(13-23-24(21)27-9-8-26-23)29-16(2)19-4-3-7-25-14-19/h3-10,12-14,16,29H,11H2,1-2H3. The Morgan fingerprint density at radius 1 is 1.07 bits per heavy atom. The number of rotatable bonds is 4. The molecule has 0 spiro atoms. The number of fused-ring (bicyclic) bond motifs is 2. The van der Waals surface area contributed by atoms with Crippen LogP contribution >= 0.6 is 0 Å². The Hall–Kier alpha value is -3.60. The van der Waals surface area contributed by atoms with E-state index in [1.165, 1.54) is 11.1 Å². The Morgan fingerprint density at radius 2 is 1.97 bits per heavy atom. The average molecular weight is 379 g/mol. The molecule has 2 aliphatic rings. The Balaban J connectivity index is 1.55. The van der Waals surface area contributed by atoms with Crippen LogP contribution in [0.2, 0.25) is 0 Å². The molecule has 0 amide bonds. The molecule has 5 heteroatoms. The minimum Gasteiger partial charge on any atom is -0.378 e. The minimum atomic E-state index is 0.128. The molecule has 142 valence electrons. The Labute approximate surface area is 169 Å². The molecule has 5 nitrogen and oxygen atoms in total. The molecule has 1 aromatic carbocycles. The third-order valence-electron chi connectivity index (χ3n) is 5.32. The lowest BCUT2D eigenvalue weighted by Crippen LogP contribution is -2.08. The first-order valence-electron chi connectivity index (χ1n) is 9.76. The van der Waals surface area contributed by atoms with Crippen molar-refractivity contribution in [1.82, 2.24) is 15.0 Å². The van der Waals surface area contributed by atoms with Crippen molar-refractivity contribution in [3.05, 3.63) is 89.7 Å². The maximum Gasteiger partial charge on any atom is 0.0963 e. The van der Waals surface area contributed by atoms with E-state index < -0.39 is 0 Å². The van der Waals surface area contributed by atoms with Gasteiger partial charge >= 0.3 is 0 Å². The van der Waals surface area contributed by atoms with Gasteiger partial charge in [0.2, 0.25) is 0 Å². The Morgan fingerprint density at radius 3 is 2.83 bits per heavy atom. The van der Waals surface area contributed by atoms with Crippen LogP contribution in [-0.2, 0) is 0 Å². The molecule has 0 saturated carbocycles. The van der Waals surface area contributed by atoms with E-state index in [9.17, 15) is 0 Å². The maximum absolute atomic E-state index is 4.69. The highest BCUT2D eigenvalue weighted by atomic mass is 14.9. The van der Waals surface area contributed by atoms with Crippen molar-refractivity contribution >= 4 is 28.0 Å². The number of benzene rings is 1. The summed E-state index contributed by atoms with van der Waals surface area (Å²) < 4.78 is 0. The topological polar surface area (TPSA) is 63.1 Å². The third kappa shape index (κ3) is 3.36. The number of pyridine rings is 1. The summed E-state index contributed by atoms with van der Waals surface area (Å²) in [6.07, 6.45) is 14.4. The molecule has 29 heavy (non-hydrogen) atoms. The monoisotopic (exact) mass is 379 g/mol. The lowest BCUT2D eigenvalue weighted by Gasteiger charge is -2.19. The summed E-state index contributed by atoms with van der Waals surface area (Å²) in [7, 11) is 0. The molecule has 5 rings (SSSR count). The van der Waals surface area contributed by atoms with Gasteiger partial charge in [-0.05, 0) is 54.8 Å². The van der Waals surface area contributed by atoms with Crippen molar-refractivity contribution in [2.24, 2.45) is 4.99 Å². The van der Waals surface area contributed by atoms with Crippen LogP contribution in [0.15, 0.2) is 83.5 Å². The van der Waals surface area contributed by atoms with Crippen LogP contribution in [0.5, 0.6) is 0 Å². The minimum absolute atomic E-state index is 0.128. The van der Waals surface area contributed by atoms with Gasteiger partial charge in [-0.3, -0.25) is 19.9 Å². The van der Waals surface area contributed by atoms with Gasteiger partial charge in [-0.2, -0.15) is 0 Å². The zero-order chi connectivity index (χ0) is 19.8. The van der Waals surface area contributed by atoms with Crippen LogP contribution in [0.4, 0.5) is 5.69 Å². The fourth-order valence-electron chi connectivity index (χ4n) is 3.89. The maximum atomic E-state index is 4.69. The summed E-state index contributed by atoms with van der Waals surface area (Å²) in [4.78, 5) is 18.1. The van der Waals surface area contributed by atoms with Crippen LogP contribution in [0.1, 0.15) is 37.4 Å². The number of aromatic nitrogens is 3. The first kappa shape index (κ1) is 17.5. The van der Waals surface area contributed by atoms with Gasteiger partial charge in [-0.25, -0.2) is 0 Å². The molecule has 0 bridgehead atoms. The van der Waals surface area contributed by atoms with E-state index in [4.69, 9.17) is 0 Å². The van der Waals surface area contributed by atoms with Crippen LogP contribution in [0, 0.1) is 0 Å². The zero-order valence-electron chi connectivity index (χ0n) is 16.4. The van der Waals surface area contributed by atoms with E-state index in [1.807, 2.05) is 19.2 Å². The van der Waals surface area contributed by atoms with Crippen molar-refractivity contribution in [1.29, 1.82) is 0 Å². The Bertz CT molecular complexity index is 1220. The lowest BCUT2D eigenvalue weighted by atomic mass is 9.91. The highest BCUT2D eigenvalue weighted by Gasteiger charge is 2.20. The first-order chi connectivity index (χ1) is 14.2. The molecule has 2 aromatic heterocycles. The van der Waals surface area contributed by atoms with Gasteiger partial charge in [0.05, 0.1) is 22.8 Å². The number of hydrogen-bond acceptors (Lipinski definition) is 5. The summed E-state index contributed by atoms with van der Waals surface area (Å²) in [5.74, 6) is 0. The van der Waals surface area contributed by atoms with Crippen molar-refractivity contribution in [3.63, 3.8) is 0 Å². The molecule has 1 unspecified atom stereocenters. The second kappa shape index (κ2) is 7.09. The molecule has 0 radical (unpaired) electrons. The summed E-state index contributed by atoms with van der Waals surface area (Å²) in [5.41, 5.74) is 9.65. The van der Waals surface area contributed by atoms with Crippen molar-refractivity contribution < 1.29 is 0 Å². The van der Waals surface area contributed by atoms with Gasteiger partial charge in [-0.15, -0.1) is 0 Å². The fraction of sp³-hybridized carbons (Fsp3) is 0.167. The van der Waals surface area contributed by atoms with Crippen LogP contribution < -0.4 is 5.32 Å². The molecule has 1 aliphatic carbocycles. The van der Waals surface area contributed by atoms with E-state index in [1.54, 1.807) is 18.6 Å². The van der Waals surface area contributed by atoms with E-state index >= 15 is 0 Å². The first-order valence-corrected chi connectivity index (χ1v) is 9.76. The van der Waals surface area contributed by atoms with Gasteiger partial charge in [0.1, 0.15) is 0 Å². The fourth-order valence-corrected chi connectivity index (χ4v) is 3.89. The second-order valence-corrected chi connectivity index (χ2v) is 7.44. The van der Waals surface area contributed by atoms with E-state index in [2.05, 4.69) is 68.6 Å². The number of nitrogens with one attached hydrogen (secondary N) is 1. The van der Waals surface area contributed by atoms with E-state index in [0.717, 1.165) is 45.7 Å². The van der Waals surface area contributed by atoms with Gasteiger partial charge < -0.3 is 5.32 Å². The van der Waals surface area contributed by atoms with Crippen LogP contribution in [0.25, 0.3) is 16.6 Å². The Kier molecular flexibility index (Phi) is 4.28. The van der Waals surface area contributed by atoms with Crippen LogP contribution in [0.3, 0.4) is 0 Å². The lowest BCUT2D eigenvalue weighted by molar-refractivity contribution is 0.876. The van der Waals surface area contributed by atoms with E-state index in [0.29, 0.717) is 0 Å². The molecular weight excluding hydrogens is 358 g/mol. The van der Waals surface area contributed by atoms with Crippen molar-refractivity contribution in [2.45, 2.75) is 26.3 Å².